The summed E-state index contributed by atoms with van der Waals surface area (Å²) in [7, 11) is 0. The molecule has 1 unspecified atom stereocenters. The van der Waals surface area contributed by atoms with Gasteiger partial charge in [0, 0.05) is 12.4 Å². The molecule has 1 aromatic heterocycles. The number of aromatic nitrogens is 1. The van der Waals surface area contributed by atoms with E-state index in [1.807, 2.05) is 42.5 Å². The number of hydrogen-bond donors (Lipinski definition) is 0. The summed E-state index contributed by atoms with van der Waals surface area (Å²) < 4.78 is 0. The maximum absolute atomic E-state index is 6.07. The van der Waals surface area contributed by atoms with Crippen molar-refractivity contribution in [2.45, 2.75) is 5.50 Å². The first-order chi connectivity index (χ1) is 7.86. The number of azo groups is 1. The van der Waals surface area contributed by atoms with Crippen molar-refractivity contribution in [1.29, 1.82) is 0 Å². The Labute approximate surface area is 98.8 Å². The van der Waals surface area contributed by atoms with Crippen LogP contribution in [0.1, 0.15) is 11.1 Å². The van der Waals surface area contributed by atoms with E-state index in [0.717, 1.165) is 11.3 Å². The van der Waals surface area contributed by atoms with Crippen molar-refractivity contribution in [3.8, 4) is 0 Å². The van der Waals surface area contributed by atoms with Crippen LogP contribution in [0.5, 0.6) is 0 Å². The van der Waals surface area contributed by atoms with Gasteiger partial charge in [-0.25, -0.2) is 0 Å². The summed E-state index contributed by atoms with van der Waals surface area (Å²) in [5.41, 5.74) is 1.21. The van der Waals surface area contributed by atoms with Gasteiger partial charge in [-0.2, -0.15) is 10.2 Å². The maximum atomic E-state index is 6.07. The van der Waals surface area contributed by atoms with Gasteiger partial charge in [0.25, 0.3) is 0 Å². The van der Waals surface area contributed by atoms with Crippen LogP contribution in [0.15, 0.2) is 65.1 Å². The summed E-state index contributed by atoms with van der Waals surface area (Å²) in [6, 6.07) is 13.1. The highest BCUT2D eigenvalue weighted by atomic mass is 35.5. The quantitative estimate of drug-likeness (QED) is 0.445. The molecule has 0 aliphatic rings. The molecule has 1 atom stereocenters. The van der Waals surface area contributed by atoms with Crippen LogP contribution in [0.3, 0.4) is 0 Å². The van der Waals surface area contributed by atoms with E-state index in [1.165, 1.54) is 0 Å². The molecule has 0 radical (unpaired) electrons. The molecule has 0 saturated heterocycles. The number of pyridine rings is 1. The lowest BCUT2D eigenvalue weighted by molar-refractivity contribution is 0.917. The summed E-state index contributed by atoms with van der Waals surface area (Å²) in [4.78, 5) is 3.92. The zero-order valence-electron chi connectivity index (χ0n) is 8.49. The minimum absolute atomic E-state index is 0.469. The van der Waals surface area contributed by atoms with Crippen molar-refractivity contribution in [3.05, 3.63) is 60.4 Å². The molecule has 0 saturated carbocycles. The van der Waals surface area contributed by atoms with Crippen molar-refractivity contribution in [2.24, 2.45) is 10.2 Å². The largest absolute Gasteiger partial charge is 0.265 e. The van der Waals surface area contributed by atoms with Crippen LogP contribution in [0.2, 0.25) is 0 Å². The van der Waals surface area contributed by atoms with Gasteiger partial charge in [-0.3, -0.25) is 4.98 Å². The van der Waals surface area contributed by atoms with E-state index < -0.39 is 5.50 Å². The van der Waals surface area contributed by atoms with Crippen molar-refractivity contribution in [1.82, 2.24) is 4.98 Å². The maximum Gasteiger partial charge on any atom is 0.170 e. The van der Waals surface area contributed by atoms with Gasteiger partial charge in [-0.1, -0.05) is 29.8 Å². The fourth-order valence-corrected chi connectivity index (χ4v) is 1.39. The Bertz CT molecular complexity index is 456. The van der Waals surface area contributed by atoms with Crippen LogP contribution in [-0.2, 0) is 0 Å². The zero-order valence-corrected chi connectivity index (χ0v) is 9.25. The first-order valence-electron chi connectivity index (χ1n) is 4.86. The zero-order chi connectivity index (χ0) is 11.2. The second-order valence-electron chi connectivity index (χ2n) is 3.17. The van der Waals surface area contributed by atoms with E-state index in [-0.39, 0.29) is 0 Å². The highest BCUT2D eigenvalue weighted by Gasteiger charge is 2.04. The fraction of sp³-hybridized carbons (Fsp3) is 0.0833. The summed E-state index contributed by atoms with van der Waals surface area (Å²) in [5.74, 6) is 0. The van der Waals surface area contributed by atoms with Crippen LogP contribution < -0.4 is 0 Å². The van der Waals surface area contributed by atoms with Gasteiger partial charge in [0.1, 0.15) is 0 Å². The van der Waals surface area contributed by atoms with Gasteiger partial charge in [0.2, 0.25) is 0 Å². The standard InChI is InChI=1S/C12H10ClN3/c13-12(10-6-8-14-9-7-10)16-15-11-4-2-1-3-5-11/h1-9,12H. The van der Waals surface area contributed by atoms with Crippen LogP contribution in [-0.4, -0.2) is 4.98 Å². The molecule has 4 heteroatoms. The van der Waals surface area contributed by atoms with E-state index in [2.05, 4.69) is 15.2 Å². The van der Waals surface area contributed by atoms with Gasteiger partial charge >= 0.3 is 0 Å². The van der Waals surface area contributed by atoms with Crippen LogP contribution in [0.25, 0.3) is 0 Å². The Morgan fingerprint density at radius 3 is 2.38 bits per heavy atom. The molecule has 0 spiro atoms. The molecular formula is C12H10ClN3. The molecule has 0 fully saturated rings. The molecule has 1 heterocycles. The predicted octanol–water partition coefficient (Wildman–Crippen LogP) is 4.10. The van der Waals surface area contributed by atoms with Gasteiger partial charge in [0.05, 0.1) is 5.69 Å². The third-order valence-electron chi connectivity index (χ3n) is 2.01. The fourth-order valence-electron chi connectivity index (χ4n) is 1.20. The second-order valence-corrected chi connectivity index (χ2v) is 3.58. The first kappa shape index (κ1) is 10.8. The average molecular weight is 232 g/mol. The molecule has 3 nitrogen and oxygen atoms in total. The van der Waals surface area contributed by atoms with E-state index in [0.29, 0.717) is 0 Å². The molecule has 0 N–H and O–H groups in total. The van der Waals surface area contributed by atoms with Gasteiger partial charge in [-0.15, -0.1) is 0 Å². The Kier molecular flexibility index (Phi) is 3.62. The molecule has 2 aromatic rings. The first-order valence-corrected chi connectivity index (χ1v) is 5.30. The van der Waals surface area contributed by atoms with Crippen molar-refractivity contribution >= 4 is 17.3 Å². The number of alkyl halides is 1. The van der Waals surface area contributed by atoms with Crippen molar-refractivity contribution in [3.63, 3.8) is 0 Å². The third-order valence-corrected chi connectivity index (χ3v) is 2.35. The van der Waals surface area contributed by atoms with Gasteiger partial charge < -0.3 is 0 Å². The molecule has 80 valence electrons. The van der Waals surface area contributed by atoms with Gasteiger partial charge in [-0.05, 0) is 29.8 Å². The molecule has 2 rings (SSSR count). The Morgan fingerprint density at radius 2 is 1.69 bits per heavy atom. The summed E-state index contributed by atoms with van der Waals surface area (Å²) in [5, 5.41) is 8.08. The third kappa shape index (κ3) is 2.87. The Balaban J connectivity index is 2.08. The van der Waals surface area contributed by atoms with E-state index >= 15 is 0 Å². The van der Waals surface area contributed by atoms with Crippen molar-refractivity contribution < 1.29 is 0 Å². The minimum atomic E-state index is -0.469. The lowest BCUT2D eigenvalue weighted by atomic mass is 10.3. The van der Waals surface area contributed by atoms with Crippen LogP contribution in [0.4, 0.5) is 5.69 Å². The second kappa shape index (κ2) is 5.37. The lowest BCUT2D eigenvalue weighted by Gasteiger charge is -2.01. The predicted molar refractivity (Wildman–Crippen MR) is 63.8 cm³/mol. The summed E-state index contributed by atoms with van der Waals surface area (Å²) in [6.45, 7) is 0. The van der Waals surface area contributed by atoms with Crippen LogP contribution >= 0.6 is 11.6 Å². The normalized spacial score (nSPS) is 12.8. The molecule has 0 bridgehead atoms. The lowest BCUT2D eigenvalue weighted by Crippen LogP contribution is -1.84. The molecular weight excluding hydrogens is 222 g/mol. The number of hydrogen-bond acceptors (Lipinski definition) is 3. The van der Waals surface area contributed by atoms with Gasteiger partial charge in [0.15, 0.2) is 5.50 Å². The van der Waals surface area contributed by atoms with Crippen LogP contribution in [0, 0.1) is 0 Å². The smallest absolute Gasteiger partial charge is 0.170 e. The summed E-state index contributed by atoms with van der Waals surface area (Å²) in [6.07, 6.45) is 3.37. The number of halogens is 1. The summed E-state index contributed by atoms with van der Waals surface area (Å²) >= 11 is 6.07. The number of rotatable bonds is 3. The SMILES string of the molecule is ClC(N=Nc1ccccc1)c1ccncc1. The molecule has 16 heavy (non-hydrogen) atoms. The van der Waals surface area contributed by atoms with Crippen molar-refractivity contribution in [2.75, 3.05) is 0 Å². The average Bonchev–Trinajstić information content (AvgIpc) is 2.38. The Hall–Kier alpha value is -1.74. The molecule has 0 aliphatic carbocycles. The minimum Gasteiger partial charge on any atom is -0.265 e. The number of benzene rings is 1. The van der Waals surface area contributed by atoms with E-state index in [4.69, 9.17) is 11.6 Å². The van der Waals surface area contributed by atoms with E-state index in [9.17, 15) is 0 Å². The number of nitrogens with zero attached hydrogens (tertiary/aromatic N) is 3. The molecule has 1 aromatic carbocycles. The van der Waals surface area contributed by atoms with E-state index in [1.54, 1.807) is 12.4 Å². The molecule has 0 aliphatic heterocycles. The molecule has 0 amide bonds. The highest BCUT2D eigenvalue weighted by molar-refractivity contribution is 6.20. The Morgan fingerprint density at radius 1 is 1.00 bits per heavy atom. The monoisotopic (exact) mass is 231 g/mol. The highest BCUT2D eigenvalue weighted by Crippen LogP contribution is 2.23. The topological polar surface area (TPSA) is 37.6 Å².